The number of anilines is 1. The van der Waals surface area contributed by atoms with Crippen LogP contribution in [0.15, 0.2) is 29.8 Å². The number of nitrogens with one attached hydrogen (secondary N) is 1. The second-order valence-corrected chi connectivity index (χ2v) is 5.18. The average Bonchev–Trinajstić information content (AvgIpc) is 2.36. The number of ether oxygens (including phenoxy) is 1. The van der Waals surface area contributed by atoms with Gasteiger partial charge in [0.2, 0.25) is 0 Å². The molecule has 1 rings (SSSR count). The molecule has 0 heterocycles. The van der Waals surface area contributed by atoms with Crippen molar-refractivity contribution in [3.05, 3.63) is 38.4 Å². The van der Waals surface area contributed by atoms with E-state index in [4.69, 9.17) is 16.3 Å². The van der Waals surface area contributed by atoms with Crippen LogP contribution in [0.1, 0.15) is 13.3 Å². The maximum absolute atomic E-state index is 11.4. The molecule has 0 radical (unpaired) electrons. The fraction of sp³-hybridized carbons (Fsp3) is 0.308. The predicted octanol–water partition coefficient (Wildman–Crippen LogP) is 3.87. The summed E-state index contributed by atoms with van der Waals surface area (Å²) < 4.78 is 5.74. The van der Waals surface area contributed by atoms with E-state index in [1.807, 2.05) is 31.2 Å². The number of rotatable bonds is 5. The average molecular weight is 380 g/mol. The third-order valence-electron chi connectivity index (χ3n) is 2.40. The van der Waals surface area contributed by atoms with E-state index in [2.05, 4.69) is 27.9 Å². The van der Waals surface area contributed by atoms with Crippen LogP contribution in [0.3, 0.4) is 0 Å². The standard InChI is InChI=1S/C13H15ClINO2/c1-3-9(13(17)18-2)6-7-16-12-5-4-10(14)8-11(12)15/h4-6,8,16H,3,7H2,1-2H3/b9-6-. The summed E-state index contributed by atoms with van der Waals surface area (Å²) in [5.41, 5.74) is 1.67. The summed E-state index contributed by atoms with van der Waals surface area (Å²) in [5, 5.41) is 3.95. The molecule has 1 N–H and O–H groups in total. The van der Waals surface area contributed by atoms with Crippen LogP contribution in [0.4, 0.5) is 5.69 Å². The van der Waals surface area contributed by atoms with Crippen LogP contribution in [-0.2, 0) is 9.53 Å². The third-order valence-corrected chi connectivity index (χ3v) is 3.53. The minimum Gasteiger partial charge on any atom is -0.466 e. The van der Waals surface area contributed by atoms with Crippen LogP contribution < -0.4 is 5.32 Å². The molecule has 0 aliphatic carbocycles. The Labute approximate surface area is 126 Å². The summed E-state index contributed by atoms with van der Waals surface area (Å²) in [5.74, 6) is -0.273. The fourth-order valence-electron chi connectivity index (χ4n) is 1.42. The number of hydrogen-bond donors (Lipinski definition) is 1. The Morgan fingerprint density at radius 2 is 2.28 bits per heavy atom. The minimum absolute atomic E-state index is 0.273. The molecule has 1 aromatic rings. The smallest absolute Gasteiger partial charge is 0.333 e. The van der Waals surface area contributed by atoms with Gasteiger partial charge >= 0.3 is 5.97 Å². The number of methoxy groups -OCH3 is 1. The monoisotopic (exact) mass is 379 g/mol. The van der Waals surface area contributed by atoms with E-state index in [1.165, 1.54) is 7.11 Å². The number of benzene rings is 1. The van der Waals surface area contributed by atoms with Crippen LogP contribution in [0, 0.1) is 3.57 Å². The Kier molecular flexibility index (Phi) is 6.49. The predicted molar refractivity (Wildman–Crippen MR) is 83.0 cm³/mol. The van der Waals surface area contributed by atoms with Gasteiger partial charge in [0.1, 0.15) is 0 Å². The molecule has 1 aromatic carbocycles. The van der Waals surface area contributed by atoms with Gasteiger partial charge in [-0.1, -0.05) is 24.6 Å². The van der Waals surface area contributed by atoms with Crippen LogP contribution in [0.5, 0.6) is 0 Å². The summed E-state index contributed by atoms with van der Waals surface area (Å²) in [4.78, 5) is 11.4. The highest BCUT2D eigenvalue weighted by molar-refractivity contribution is 14.1. The topological polar surface area (TPSA) is 38.3 Å². The Morgan fingerprint density at radius 3 is 2.83 bits per heavy atom. The van der Waals surface area contributed by atoms with Crippen molar-refractivity contribution in [3.63, 3.8) is 0 Å². The number of esters is 1. The molecule has 18 heavy (non-hydrogen) atoms. The van der Waals surface area contributed by atoms with Gasteiger partial charge in [-0.15, -0.1) is 0 Å². The van der Waals surface area contributed by atoms with Gasteiger partial charge in [0.15, 0.2) is 0 Å². The van der Waals surface area contributed by atoms with Crippen LogP contribution >= 0.6 is 34.2 Å². The molecule has 0 aliphatic rings. The van der Waals surface area contributed by atoms with Crippen LogP contribution in [0.25, 0.3) is 0 Å². The summed E-state index contributed by atoms with van der Waals surface area (Å²) >= 11 is 8.09. The maximum Gasteiger partial charge on any atom is 0.333 e. The molecule has 0 fully saturated rings. The summed E-state index contributed by atoms with van der Waals surface area (Å²) in [6.45, 7) is 2.50. The van der Waals surface area contributed by atoms with E-state index in [0.29, 0.717) is 23.6 Å². The Morgan fingerprint density at radius 1 is 1.56 bits per heavy atom. The number of carbonyl (C=O) groups excluding carboxylic acids is 1. The highest BCUT2D eigenvalue weighted by Crippen LogP contribution is 2.22. The quantitative estimate of drug-likeness (QED) is 0.479. The van der Waals surface area contributed by atoms with Gasteiger partial charge in [-0.25, -0.2) is 4.79 Å². The number of halogens is 2. The molecule has 3 nitrogen and oxygen atoms in total. The zero-order chi connectivity index (χ0) is 13.5. The number of carbonyl (C=O) groups is 1. The van der Waals surface area contributed by atoms with E-state index in [1.54, 1.807) is 0 Å². The lowest BCUT2D eigenvalue weighted by atomic mass is 10.2. The van der Waals surface area contributed by atoms with Crippen molar-refractivity contribution in [1.82, 2.24) is 0 Å². The molecule has 0 atom stereocenters. The van der Waals surface area contributed by atoms with E-state index in [0.717, 1.165) is 9.26 Å². The molecule has 0 amide bonds. The number of hydrogen-bond acceptors (Lipinski definition) is 3. The zero-order valence-corrected chi connectivity index (χ0v) is 13.2. The molecule has 0 aromatic heterocycles. The van der Waals surface area contributed by atoms with Crippen molar-refractivity contribution >= 4 is 45.8 Å². The first-order valence-corrected chi connectivity index (χ1v) is 7.00. The van der Waals surface area contributed by atoms with Gasteiger partial charge in [-0.05, 0) is 47.2 Å². The van der Waals surface area contributed by atoms with E-state index >= 15 is 0 Å². The van der Waals surface area contributed by atoms with Gasteiger partial charge in [-0.2, -0.15) is 0 Å². The molecular formula is C13H15ClINO2. The van der Waals surface area contributed by atoms with Gasteiger partial charge in [0.05, 0.1) is 7.11 Å². The maximum atomic E-state index is 11.4. The molecular weight excluding hydrogens is 365 g/mol. The molecule has 0 aliphatic heterocycles. The van der Waals surface area contributed by atoms with E-state index in [-0.39, 0.29) is 5.97 Å². The van der Waals surface area contributed by atoms with Crippen molar-refractivity contribution < 1.29 is 9.53 Å². The second-order valence-electron chi connectivity index (χ2n) is 3.58. The Hall–Kier alpha value is -0.750. The van der Waals surface area contributed by atoms with Gasteiger partial charge in [-0.3, -0.25) is 0 Å². The lowest BCUT2D eigenvalue weighted by Gasteiger charge is -2.07. The van der Waals surface area contributed by atoms with Crippen molar-refractivity contribution in [2.24, 2.45) is 0 Å². The van der Waals surface area contributed by atoms with E-state index in [9.17, 15) is 4.79 Å². The van der Waals surface area contributed by atoms with Crippen LogP contribution in [-0.4, -0.2) is 19.6 Å². The van der Waals surface area contributed by atoms with Crippen molar-refractivity contribution in [1.29, 1.82) is 0 Å². The molecule has 0 bridgehead atoms. The second kappa shape index (κ2) is 7.63. The van der Waals surface area contributed by atoms with E-state index < -0.39 is 0 Å². The van der Waals surface area contributed by atoms with Crippen molar-refractivity contribution in [3.8, 4) is 0 Å². The fourth-order valence-corrected chi connectivity index (χ4v) is 2.48. The van der Waals surface area contributed by atoms with Gasteiger partial charge in [0, 0.05) is 26.4 Å². The van der Waals surface area contributed by atoms with Crippen molar-refractivity contribution in [2.45, 2.75) is 13.3 Å². The molecule has 5 heteroatoms. The molecule has 0 unspecified atom stereocenters. The van der Waals surface area contributed by atoms with Crippen molar-refractivity contribution in [2.75, 3.05) is 19.0 Å². The third kappa shape index (κ3) is 4.49. The molecule has 0 spiro atoms. The molecule has 0 saturated carbocycles. The summed E-state index contributed by atoms with van der Waals surface area (Å²) in [6.07, 6.45) is 2.50. The Balaban J connectivity index is 2.65. The first-order chi connectivity index (χ1) is 8.58. The lowest BCUT2D eigenvalue weighted by molar-refractivity contribution is -0.136. The first kappa shape index (κ1) is 15.3. The largest absolute Gasteiger partial charge is 0.466 e. The highest BCUT2D eigenvalue weighted by atomic mass is 127. The minimum atomic E-state index is -0.273. The van der Waals surface area contributed by atoms with Crippen LogP contribution in [0.2, 0.25) is 5.02 Å². The zero-order valence-electron chi connectivity index (χ0n) is 10.3. The molecule has 98 valence electrons. The first-order valence-electron chi connectivity index (χ1n) is 5.54. The summed E-state index contributed by atoms with van der Waals surface area (Å²) in [6, 6.07) is 5.63. The summed E-state index contributed by atoms with van der Waals surface area (Å²) in [7, 11) is 1.39. The normalized spacial score (nSPS) is 11.2. The highest BCUT2D eigenvalue weighted by Gasteiger charge is 2.06. The Bertz CT molecular complexity index is 460. The SMILES string of the molecule is CC/C(=C/CNc1ccc(Cl)cc1I)C(=O)OC. The molecule has 0 saturated heterocycles. The lowest BCUT2D eigenvalue weighted by Crippen LogP contribution is -2.07. The van der Waals surface area contributed by atoms with Gasteiger partial charge < -0.3 is 10.1 Å². The van der Waals surface area contributed by atoms with Gasteiger partial charge in [0.25, 0.3) is 0 Å².